The molecular weight excluding hydrogens is 791 g/mol. The Morgan fingerprint density at radius 2 is 0.734 bits per heavy atom. The molecule has 6 heteroatoms. The molecule has 0 bridgehead atoms. The first-order valence-corrected chi connectivity index (χ1v) is 28.6. The molecule has 0 saturated heterocycles. The maximum absolute atomic E-state index is 12.4. The Morgan fingerprint density at radius 1 is 0.422 bits per heavy atom. The van der Waals surface area contributed by atoms with Crippen molar-refractivity contribution in [2.24, 2.45) is 0 Å². The normalized spacial score (nSPS) is 12.8. The molecule has 0 aromatic carbocycles. The zero-order valence-corrected chi connectivity index (χ0v) is 43.0. The zero-order valence-electron chi connectivity index (χ0n) is 43.0. The molecule has 0 spiro atoms. The number of nitrogens with one attached hydrogen (secondary N) is 1. The minimum absolute atomic E-state index is 0.000922. The van der Waals surface area contributed by atoms with Crippen LogP contribution in [-0.2, 0) is 14.3 Å². The van der Waals surface area contributed by atoms with E-state index in [4.69, 9.17) is 4.74 Å². The van der Waals surface area contributed by atoms with Crippen molar-refractivity contribution in [1.82, 2.24) is 5.32 Å². The number of hydrogen-bond donors (Lipinski definition) is 3. The number of aliphatic hydroxyl groups is 2. The minimum atomic E-state index is -0.846. The molecule has 0 fully saturated rings. The molecule has 0 radical (unpaired) electrons. The largest absolute Gasteiger partial charge is 0.466 e. The van der Waals surface area contributed by atoms with Gasteiger partial charge in [-0.25, -0.2) is 0 Å². The molecule has 1 amide bonds. The predicted molar refractivity (Wildman–Crippen MR) is 278 cm³/mol. The first kappa shape index (κ1) is 62.3. The number of aliphatic hydroxyl groups excluding tert-OH is 2. The number of esters is 1. The van der Waals surface area contributed by atoms with Crippen molar-refractivity contribution >= 4 is 11.9 Å². The maximum Gasteiger partial charge on any atom is 0.305 e. The van der Waals surface area contributed by atoms with Gasteiger partial charge in [-0.05, 0) is 57.8 Å². The van der Waals surface area contributed by atoms with Crippen LogP contribution in [0.15, 0.2) is 24.3 Å². The minimum Gasteiger partial charge on any atom is -0.466 e. The fraction of sp³-hybridized carbons (Fsp3) is 0.897. The summed E-state index contributed by atoms with van der Waals surface area (Å²) in [5.74, 6) is -0.0708. The second-order valence-electron chi connectivity index (χ2n) is 19.6. The van der Waals surface area contributed by atoms with Crippen molar-refractivity contribution in [2.45, 2.75) is 321 Å². The van der Waals surface area contributed by atoms with E-state index < -0.39 is 12.1 Å². The molecule has 64 heavy (non-hydrogen) atoms. The molecule has 2 atom stereocenters. The average Bonchev–Trinajstić information content (AvgIpc) is 3.29. The molecular formula is C58H111NO5. The summed E-state index contributed by atoms with van der Waals surface area (Å²) in [5, 5.41) is 23.1. The molecule has 6 nitrogen and oxygen atoms in total. The van der Waals surface area contributed by atoms with E-state index in [-0.39, 0.29) is 18.5 Å². The second kappa shape index (κ2) is 54.0. The highest BCUT2D eigenvalue weighted by atomic mass is 16.5. The van der Waals surface area contributed by atoms with Gasteiger partial charge in [0.05, 0.1) is 25.4 Å². The highest BCUT2D eigenvalue weighted by Crippen LogP contribution is 2.17. The molecule has 0 aliphatic carbocycles. The molecule has 0 heterocycles. The van der Waals surface area contributed by atoms with Crippen molar-refractivity contribution in [2.75, 3.05) is 13.2 Å². The van der Waals surface area contributed by atoms with Gasteiger partial charge in [-0.3, -0.25) is 9.59 Å². The van der Waals surface area contributed by atoms with Crippen molar-refractivity contribution in [1.29, 1.82) is 0 Å². The summed E-state index contributed by atoms with van der Waals surface area (Å²) >= 11 is 0. The summed E-state index contributed by atoms with van der Waals surface area (Å²) in [5.41, 5.74) is 0. The van der Waals surface area contributed by atoms with Crippen LogP contribution in [0.3, 0.4) is 0 Å². The molecule has 3 N–H and O–H groups in total. The smallest absolute Gasteiger partial charge is 0.305 e. The number of rotatable bonds is 53. The van der Waals surface area contributed by atoms with E-state index in [1.165, 1.54) is 238 Å². The van der Waals surface area contributed by atoms with Crippen molar-refractivity contribution in [3.63, 3.8) is 0 Å². The highest BCUT2D eigenvalue weighted by Gasteiger charge is 2.18. The van der Waals surface area contributed by atoms with Crippen molar-refractivity contribution in [3.8, 4) is 0 Å². The van der Waals surface area contributed by atoms with Gasteiger partial charge in [-0.15, -0.1) is 0 Å². The molecule has 0 aliphatic rings. The summed E-state index contributed by atoms with van der Waals surface area (Å²) in [6, 6.07) is -0.629. The van der Waals surface area contributed by atoms with Gasteiger partial charge in [-0.2, -0.15) is 0 Å². The molecule has 378 valence electrons. The third-order valence-corrected chi connectivity index (χ3v) is 13.2. The third kappa shape index (κ3) is 49.8. The van der Waals surface area contributed by atoms with Crippen LogP contribution in [0.4, 0.5) is 0 Å². The lowest BCUT2D eigenvalue weighted by Gasteiger charge is -2.20. The van der Waals surface area contributed by atoms with E-state index in [9.17, 15) is 19.8 Å². The van der Waals surface area contributed by atoms with Crippen LogP contribution in [0.1, 0.15) is 309 Å². The van der Waals surface area contributed by atoms with Gasteiger partial charge in [0.25, 0.3) is 0 Å². The van der Waals surface area contributed by atoms with Crippen LogP contribution in [-0.4, -0.2) is 47.4 Å². The standard InChI is InChI=1S/C58H111NO5/c1-3-5-7-9-11-13-15-17-23-27-30-34-38-42-46-50-56(61)55(54-60)59-57(62)51-47-43-39-35-31-28-24-21-19-18-20-22-25-29-33-37-41-45-49-53-64-58(63)52-48-44-40-36-32-26-16-14-12-10-8-6-4-2/h14,16,46,50,55-56,60-61H,3-13,15,17-45,47-49,51-54H2,1-2H3,(H,59,62)/b16-14-,50-46+. The number of allylic oxidation sites excluding steroid dienone is 3. The van der Waals surface area contributed by atoms with Crippen molar-refractivity contribution in [3.05, 3.63) is 24.3 Å². The van der Waals surface area contributed by atoms with Crippen molar-refractivity contribution < 1.29 is 24.5 Å². The topological polar surface area (TPSA) is 95.9 Å². The lowest BCUT2D eigenvalue weighted by atomic mass is 10.0. The Bertz CT molecular complexity index is 997. The lowest BCUT2D eigenvalue weighted by molar-refractivity contribution is -0.143. The van der Waals surface area contributed by atoms with Crippen LogP contribution in [0, 0.1) is 0 Å². The maximum atomic E-state index is 12.4. The van der Waals surface area contributed by atoms with E-state index in [0.29, 0.717) is 19.4 Å². The van der Waals surface area contributed by atoms with Crippen LogP contribution in [0.25, 0.3) is 0 Å². The Kier molecular flexibility index (Phi) is 52.6. The van der Waals surface area contributed by atoms with E-state index in [1.807, 2.05) is 6.08 Å². The van der Waals surface area contributed by atoms with Crippen LogP contribution in [0.2, 0.25) is 0 Å². The van der Waals surface area contributed by atoms with E-state index in [0.717, 1.165) is 44.9 Å². The Balaban J connectivity index is 3.43. The number of carbonyl (C=O) groups is 2. The highest BCUT2D eigenvalue weighted by molar-refractivity contribution is 5.76. The summed E-state index contributed by atoms with van der Waals surface area (Å²) in [6.07, 6.45) is 64.8. The van der Waals surface area contributed by atoms with Gasteiger partial charge in [0, 0.05) is 12.8 Å². The number of amides is 1. The molecule has 0 aromatic heterocycles. The molecule has 2 unspecified atom stereocenters. The predicted octanol–water partition coefficient (Wildman–Crippen LogP) is 17.5. The van der Waals surface area contributed by atoms with Gasteiger partial charge >= 0.3 is 5.97 Å². The van der Waals surface area contributed by atoms with Crippen LogP contribution >= 0.6 is 0 Å². The van der Waals surface area contributed by atoms with Gasteiger partial charge in [0.2, 0.25) is 5.91 Å². The SMILES string of the molecule is CCCCCC/C=C\CCCCCCCC(=O)OCCCCCCCCCCCCCCCCCCCCCC(=O)NC(CO)C(O)/C=C/CCCCCCCCCCCCCCC. The summed E-state index contributed by atoms with van der Waals surface area (Å²) in [7, 11) is 0. The summed E-state index contributed by atoms with van der Waals surface area (Å²) in [6.45, 7) is 4.89. The van der Waals surface area contributed by atoms with E-state index in [2.05, 4.69) is 31.3 Å². The lowest BCUT2D eigenvalue weighted by Crippen LogP contribution is -2.45. The number of carbonyl (C=O) groups excluding carboxylic acids is 2. The Morgan fingerprint density at radius 3 is 1.12 bits per heavy atom. The molecule has 0 aliphatic heterocycles. The van der Waals surface area contributed by atoms with Crippen LogP contribution in [0.5, 0.6) is 0 Å². The van der Waals surface area contributed by atoms with Gasteiger partial charge in [0.1, 0.15) is 0 Å². The molecule has 0 saturated carbocycles. The van der Waals surface area contributed by atoms with Gasteiger partial charge < -0.3 is 20.3 Å². The number of ether oxygens (including phenoxy) is 1. The average molecular weight is 903 g/mol. The van der Waals surface area contributed by atoms with Gasteiger partial charge in [0.15, 0.2) is 0 Å². The summed E-state index contributed by atoms with van der Waals surface area (Å²) in [4.78, 5) is 24.5. The fourth-order valence-electron chi connectivity index (χ4n) is 8.81. The van der Waals surface area contributed by atoms with Gasteiger partial charge in [-0.1, -0.05) is 263 Å². The zero-order chi connectivity index (χ0) is 46.5. The Labute approximate surface area is 399 Å². The van der Waals surface area contributed by atoms with E-state index >= 15 is 0 Å². The first-order chi connectivity index (χ1) is 31.5. The second-order valence-corrected chi connectivity index (χ2v) is 19.6. The first-order valence-electron chi connectivity index (χ1n) is 28.6. The van der Waals surface area contributed by atoms with Crippen LogP contribution < -0.4 is 5.32 Å². The molecule has 0 aromatic rings. The quantitative estimate of drug-likeness (QED) is 0.0321. The third-order valence-electron chi connectivity index (χ3n) is 13.2. The monoisotopic (exact) mass is 902 g/mol. The summed E-state index contributed by atoms with van der Waals surface area (Å²) < 4.78 is 5.46. The number of hydrogen-bond acceptors (Lipinski definition) is 5. The molecule has 0 rings (SSSR count). The fourth-order valence-corrected chi connectivity index (χ4v) is 8.81. The Hall–Kier alpha value is -1.66. The van der Waals surface area contributed by atoms with E-state index in [1.54, 1.807) is 6.08 Å². The number of unbranched alkanes of at least 4 members (excludes halogenated alkanes) is 40.